The lowest BCUT2D eigenvalue weighted by molar-refractivity contribution is -0.145. The molecule has 5 heteroatoms. The van der Waals surface area contributed by atoms with Crippen LogP contribution in [0.25, 0.3) is 0 Å². The number of rotatable bonds is 9. The summed E-state index contributed by atoms with van der Waals surface area (Å²) in [6, 6.07) is -0.547. The van der Waals surface area contributed by atoms with E-state index >= 15 is 0 Å². The first kappa shape index (κ1) is 16.9. The highest BCUT2D eigenvalue weighted by atomic mass is 16.4. The van der Waals surface area contributed by atoms with Crippen LogP contribution < -0.4 is 0 Å². The Labute approximate surface area is 110 Å². The van der Waals surface area contributed by atoms with Crippen LogP contribution in [-0.2, 0) is 9.59 Å². The summed E-state index contributed by atoms with van der Waals surface area (Å²) in [6.07, 6.45) is 3.28. The van der Waals surface area contributed by atoms with Gasteiger partial charge < -0.3 is 10.0 Å². The highest BCUT2D eigenvalue weighted by Crippen LogP contribution is 2.10. The third-order valence-electron chi connectivity index (χ3n) is 2.90. The Kier molecular flexibility index (Phi) is 8.37. The minimum Gasteiger partial charge on any atom is -0.480 e. The van der Waals surface area contributed by atoms with Crippen LogP contribution >= 0.6 is 0 Å². The first-order valence-electron chi connectivity index (χ1n) is 6.61. The number of hydrogen-bond acceptors (Lipinski definition) is 3. The van der Waals surface area contributed by atoms with Gasteiger partial charge >= 0.3 is 5.97 Å². The summed E-state index contributed by atoms with van der Waals surface area (Å²) in [5.41, 5.74) is 0. The number of hydrogen-bond donors (Lipinski definition) is 1. The number of amides is 1. The lowest BCUT2D eigenvalue weighted by Gasteiger charge is -2.28. The summed E-state index contributed by atoms with van der Waals surface area (Å²) >= 11 is 0. The Morgan fingerprint density at radius 1 is 1.17 bits per heavy atom. The first-order chi connectivity index (χ1) is 8.43. The molecule has 0 radical (unpaired) electrons. The van der Waals surface area contributed by atoms with Gasteiger partial charge in [0.15, 0.2) is 0 Å². The van der Waals surface area contributed by atoms with E-state index in [1.54, 1.807) is 19.0 Å². The molecule has 0 saturated heterocycles. The smallest absolute Gasteiger partial charge is 0.320 e. The van der Waals surface area contributed by atoms with Gasteiger partial charge in [-0.15, -0.1) is 0 Å². The standard InChI is InChI=1S/C13H26N2O3/c1-5-7-8-11(13(17)18)15(9-6-2)10-12(16)14(3)4/h11H,5-10H2,1-4H3,(H,17,18). The van der Waals surface area contributed by atoms with Gasteiger partial charge in [-0.2, -0.15) is 0 Å². The molecule has 0 fully saturated rings. The van der Waals surface area contributed by atoms with Crippen molar-refractivity contribution in [2.24, 2.45) is 0 Å². The van der Waals surface area contributed by atoms with Gasteiger partial charge in [0, 0.05) is 14.1 Å². The number of unbranched alkanes of at least 4 members (excludes halogenated alkanes) is 1. The second-order valence-corrected chi connectivity index (χ2v) is 4.75. The van der Waals surface area contributed by atoms with Crippen LogP contribution in [0.5, 0.6) is 0 Å². The van der Waals surface area contributed by atoms with Gasteiger partial charge in [-0.05, 0) is 19.4 Å². The molecule has 1 unspecified atom stereocenters. The Morgan fingerprint density at radius 2 is 1.78 bits per heavy atom. The second kappa shape index (κ2) is 8.91. The van der Waals surface area contributed by atoms with Crippen molar-refractivity contribution in [1.82, 2.24) is 9.80 Å². The van der Waals surface area contributed by atoms with Crippen molar-refractivity contribution in [2.45, 2.75) is 45.6 Å². The molecule has 0 saturated carbocycles. The maximum atomic E-state index is 11.7. The topological polar surface area (TPSA) is 60.9 Å². The number of likely N-dealkylation sites (N-methyl/N-ethyl adjacent to an activating group) is 1. The van der Waals surface area contributed by atoms with E-state index in [0.717, 1.165) is 19.3 Å². The largest absolute Gasteiger partial charge is 0.480 e. The number of nitrogens with zero attached hydrogens (tertiary/aromatic N) is 2. The molecule has 0 aromatic rings. The molecule has 0 bridgehead atoms. The summed E-state index contributed by atoms with van der Waals surface area (Å²) in [7, 11) is 3.38. The third-order valence-corrected chi connectivity index (χ3v) is 2.90. The zero-order chi connectivity index (χ0) is 14.1. The summed E-state index contributed by atoms with van der Waals surface area (Å²) in [5, 5.41) is 9.28. The van der Waals surface area contributed by atoms with Crippen molar-refractivity contribution in [2.75, 3.05) is 27.2 Å². The van der Waals surface area contributed by atoms with Gasteiger partial charge in [0.05, 0.1) is 6.54 Å². The lowest BCUT2D eigenvalue weighted by Crippen LogP contribution is -2.46. The van der Waals surface area contributed by atoms with E-state index in [4.69, 9.17) is 0 Å². The molecule has 0 aliphatic carbocycles. The molecule has 0 spiro atoms. The predicted molar refractivity (Wildman–Crippen MR) is 71.5 cm³/mol. The van der Waals surface area contributed by atoms with Gasteiger partial charge in [0.1, 0.15) is 6.04 Å². The van der Waals surface area contributed by atoms with Crippen molar-refractivity contribution in [3.05, 3.63) is 0 Å². The molecule has 5 nitrogen and oxygen atoms in total. The summed E-state index contributed by atoms with van der Waals surface area (Å²) in [6.45, 7) is 4.85. The van der Waals surface area contributed by atoms with Crippen LogP contribution in [0.15, 0.2) is 0 Å². The monoisotopic (exact) mass is 258 g/mol. The molecule has 1 amide bonds. The van der Waals surface area contributed by atoms with Gasteiger partial charge in [0.2, 0.25) is 5.91 Å². The molecule has 1 N–H and O–H groups in total. The van der Waals surface area contributed by atoms with Crippen LogP contribution in [0, 0.1) is 0 Å². The van der Waals surface area contributed by atoms with Crippen LogP contribution in [-0.4, -0.2) is 60.0 Å². The number of carbonyl (C=O) groups excluding carboxylic acids is 1. The Hall–Kier alpha value is -1.10. The van der Waals surface area contributed by atoms with E-state index < -0.39 is 12.0 Å². The van der Waals surface area contributed by atoms with Crippen LogP contribution in [0.1, 0.15) is 39.5 Å². The van der Waals surface area contributed by atoms with Gasteiger partial charge in [-0.25, -0.2) is 0 Å². The predicted octanol–water partition coefficient (Wildman–Crippen LogP) is 1.43. The summed E-state index contributed by atoms with van der Waals surface area (Å²) < 4.78 is 0. The zero-order valence-electron chi connectivity index (χ0n) is 12.0. The number of carbonyl (C=O) groups is 2. The minimum atomic E-state index is -0.830. The molecule has 0 aliphatic rings. The molecule has 18 heavy (non-hydrogen) atoms. The Bertz CT molecular complexity index is 267. The van der Waals surface area contributed by atoms with Gasteiger partial charge in [-0.3, -0.25) is 14.5 Å². The molecular formula is C13H26N2O3. The third kappa shape index (κ3) is 6.00. The van der Waals surface area contributed by atoms with E-state index in [2.05, 4.69) is 0 Å². The summed E-state index contributed by atoms with van der Waals surface area (Å²) in [5.74, 6) is -0.880. The maximum Gasteiger partial charge on any atom is 0.320 e. The maximum absolute atomic E-state index is 11.7. The highest BCUT2D eigenvalue weighted by Gasteiger charge is 2.26. The van der Waals surface area contributed by atoms with E-state index in [-0.39, 0.29) is 12.5 Å². The fraction of sp³-hybridized carbons (Fsp3) is 0.846. The van der Waals surface area contributed by atoms with Crippen molar-refractivity contribution >= 4 is 11.9 Å². The van der Waals surface area contributed by atoms with Crippen molar-refractivity contribution in [1.29, 1.82) is 0 Å². The van der Waals surface area contributed by atoms with E-state index in [1.807, 2.05) is 13.8 Å². The molecule has 0 rings (SSSR count). The minimum absolute atomic E-state index is 0.0498. The molecule has 0 aliphatic heterocycles. The van der Waals surface area contributed by atoms with Crippen LogP contribution in [0.2, 0.25) is 0 Å². The van der Waals surface area contributed by atoms with Crippen molar-refractivity contribution in [3.8, 4) is 0 Å². The molecule has 0 heterocycles. The average molecular weight is 258 g/mol. The van der Waals surface area contributed by atoms with Gasteiger partial charge in [-0.1, -0.05) is 26.7 Å². The average Bonchev–Trinajstić information content (AvgIpc) is 2.28. The quantitative estimate of drug-likeness (QED) is 0.679. The molecule has 1 atom stereocenters. The van der Waals surface area contributed by atoms with Gasteiger partial charge in [0.25, 0.3) is 0 Å². The zero-order valence-corrected chi connectivity index (χ0v) is 12.0. The first-order valence-corrected chi connectivity index (χ1v) is 6.61. The Balaban J connectivity index is 4.68. The van der Waals surface area contributed by atoms with Crippen molar-refractivity contribution in [3.63, 3.8) is 0 Å². The number of carboxylic acids is 1. The normalized spacial score (nSPS) is 12.5. The van der Waals surface area contributed by atoms with Crippen molar-refractivity contribution < 1.29 is 14.7 Å². The molecule has 0 aromatic heterocycles. The van der Waals surface area contributed by atoms with E-state index in [9.17, 15) is 14.7 Å². The van der Waals surface area contributed by atoms with E-state index in [0.29, 0.717) is 13.0 Å². The van der Waals surface area contributed by atoms with E-state index in [1.165, 1.54) is 4.90 Å². The molecular weight excluding hydrogens is 232 g/mol. The number of carboxylic acid groups (broad SMARTS) is 1. The second-order valence-electron chi connectivity index (χ2n) is 4.75. The molecule has 0 aromatic carbocycles. The number of aliphatic carboxylic acids is 1. The fourth-order valence-corrected chi connectivity index (χ4v) is 1.81. The SMILES string of the molecule is CCCCC(C(=O)O)N(CCC)CC(=O)N(C)C. The molecule has 106 valence electrons. The summed E-state index contributed by atoms with van der Waals surface area (Å²) in [4.78, 5) is 26.3. The lowest BCUT2D eigenvalue weighted by atomic mass is 10.1. The highest BCUT2D eigenvalue weighted by molar-refractivity contribution is 5.79. The fourth-order valence-electron chi connectivity index (χ4n) is 1.81. The van der Waals surface area contributed by atoms with Crippen LogP contribution in [0.3, 0.4) is 0 Å². The van der Waals surface area contributed by atoms with Crippen LogP contribution in [0.4, 0.5) is 0 Å². The Morgan fingerprint density at radius 3 is 2.17 bits per heavy atom.